The lowest BCUT2D eigenvalue weighted by Crippen LogP contribution is -1.95. The second-order valence-electron chi connectivity index (χ2n) is 14.2. The molecule has 0 aliphatic heterocycles. The molecule has 0 atom stereocenters. The zero-order chi connectivity index (χ0) is 41.7. The van der Waals surface area contributed by atoms with Crippen molar-refractivity contribution in [1.29, 1.82) is 0 Å². The van der Waals surface area contributed by atoms with Gasteiger partial charge in [-0.1, -0.05) is 196 Å². The predicted octanol–water partition coefficient (Wildman–Crippen LogP) is 17.3. The van der Waals surface area contributed by atoms with Crippen molar-refractivity contribution < 1.29 is 0 Å². The zero-order valence-corrected chi connectivity index (χ0v) is 38.7. The van der Waals surface area contributed by atoms with Crippen LogP contribution in [-0.2, 0) is 0 Å². The van der Waals surface area contributed by atoms with E-state index in [9.17, 15) is 0 Å². The third kappa shape index (κ3) is 26.6. The van der Waals surface area contributed by atoms with Crippen LogP contribution in [-0.4, -0.2) is 40.8 Å². The summed E-state index contributed by atoms with van der Waals surface area (Å²) in [5.74, 6) is 4.50. The molecule has 0 bridgehead atoms. The molecule has 4 N–H and O–H groups in total. The van der Waals surface area contributed by atoms with Crippen LogP contribution >= 0.6 is 0 Å². The first kappa shape index (κ1) is 70.6. The Balaban J connectivity index is -0.0000000841. The van der Waals surface area contributed by atoms with E-state index in [2.05, 4.69) is 152 Å². The SMILES string of the molecule is C.C.C.C.CC.CC.CC.CC.CC(C)c1cn[nH]c1C(C)C.CC(C)c1cn[nH]c1C(C)C.CC(C)c1cn[nH]c1C(C)C.CC(C)c1cn[nH]c1C(C)C. The molecule has 8 nitrogen and oxygen atoms in total. The van der Waals surface area contributed by atoms with Gasteiger partial charge in [-0.2, -0.15) is 20.4 Å². The van der Waals surface area contributed by atoms with Crippen molar-refractivity contribution in [2.45, 2.75) is 243 Å². The molecule has 0 unspecified atom stereocenters. The number of nitrogens with zero attached hydrogens (tertiary/aromatic N) is 4. The average Bonchev–Trinajstić information content (AvgIpc) is 3.95. The fourth-order valence-electron chi connectivity index (χ4n) is 4.91. The van der Waals surface area contributed by atoms with E-state index in [1.807, 2.05) is 80.2 Å². The lowest BCUT2D eigenvalue weighted by atomic mass is 9.98. The van der Waals surface area contributed by atoms with Crippen molar-refractivity contribution in [3.63, 3.8) is 0 Å². The first-order valence-corrected chi connectivity index (χ1v) is 20.6. The van der Waals surface area contributed by atoms with E-state index in [4.69, 9.17) is 0 Å². The molecule has 4 rings (SSSR count). The topological polar surface area (TPSA) is 115 Å². The van der Waals surface area contributed by atoms with E-state index >= 15 is 0 Å². The molecule has 0 fully saturated rings. The Bertz CT molecular complexity index is 1010. The summed E-state index contributed by atoms with van der Waals surface area (Å²) in [7, 11) is 0. The zero-order valence-electron chi connectivity index (χ0n) is 38.7. The number of hydrogen-bond acceptors (Lipinski definition) is 4. The Morgan fingerprint density at radius 1 is 0.268 bits per heavy atom. The van der Waals surface area contributed by atoms with Crippen molar-refractivity contribution in [3.05, 3.63) is 69.8 Å². The van der Waals surface area contributed by atoms with Crippen LogP contribution in [0.4, 0.5) is 0 Å². The molecule has 0 aliphatic carbocycles. The van der Waals surface area contributed by atoms with Gasteiger partial charge >= 0.3 is 0 Å². The van der Waals surface area contributed by atoms with Crippen molar-refractivity contribution in [3.8, 4) is 0 Å². The highest BCUT2D eigenvalue weighted by Gasteiger charge is 2.13. The molecule has 4 aromatic rings. The quantitative estimate of drug-likeness (QED) is 0.142. The van der Waals surface area contributed by atoms with Crippen molar-refractivity contribution in [2.24, 2.45) is 0 Å². The first-order valence-electron chi connectivity index (χ1n) is 20.6. The maximum absolute atomic E-state index is 4.04. The van der Waals surface area contributed by atoms with Crippen molar-refractivity contribution in [2.75, 3.05) is 0 Å². The molecule has 4 heterocycles. The molecule has 4 aromatic heterocycles. The molecule has 56 heavy (non-hydrogen) atoms. The third-order valence-corrected chi connectivity index (χ3v) is 7.60. The molecule has 0 spiro atoms. The lowest BCUT2D eigenvalue weighted by Gasteiger charge is -2.07. The maximum atomic E-state index is 4.04. The van der Waals surface area contributed by atoms with Crippen LogP contribution in [0.1, 0.15) is 288 Å². The van der Waals surface area contributed by atoms with Crippen LogP contribution < -0.4 is 0 Å². The van der Waals surface area contributed by atoms with Gasteiger partial charge in [-0.05, 0) is 69.6 Å². The Labute approximate surface area is 352 Å². The maximum Gasteiger partial charge on any atom is 0.0524 e. The van der Waals surface area contributed by atoms with E-state index in [-0.39, 0.29) is 29.7 Å². The number of aromatic nitrogens is 8. The van der Waals surface area contributed by atoms with E-state index in [1.165, 1.54) is 45.0 Å². The summed E-state index contributed by atoms with van der Waals surface area (Å²) in [4.78, 5) is 0. The average molecular weight is 793 g/mol. The predicted molar refractivity (Wildman–Crippen MR) is 259 cm³/mol. The van der Waals surface area contributed by atoms with E-state index < -0.39 is 0 Å². The van der Waals surface area contributed by atoms with Crippen LogP contribution in [0, 0.1) is 0 Å². The van der Waals surface area contributed by atoms with Gasteiger partial charge in [0.1, 0.15) is 0 Å². The van der Waals surface area contributed by atoms with Gasteiger partial charge in [0.05, 0.1) is 24.8 Å². The van der Waals surface area contributed by atoms with Crippen LogP contribution in [0.15, 0.2) is 24.8 Å². The molecular formula is C48H104N8. The largest absolute Gasteiger partial charge is 0.282 e. The van der Waals surface area contributed by atoms with Gasteiger partial charge in [0.25, 0.3) is 0 Å². The van der Waals surface area contributed by atoms with Gasteiger partial charge in [-0.15, -0.1) is 0 Å². The molecule has 0 radical (unpaired) electrons. The highest BCUT2D eigenvalue weighted by atomic mass is 15.1. The summed E-state index contributed by atoms with van der Waals surface area (Å²) >= 11 is 0. The van der Waals surface area contributed by atoms with Crippen LogP contribution in [0.25, 0.3) is 0 Å². The summed E-state index contributed by atoms with van der Waals surface area (Å²) in [5.41, 5.74) is 10.5. The van der Waals surface area contributed by atoms with E-state index in [0.717, 1.165) is 0 Å². The first-order chi connectivity index (χ1) is 24.5. The van der Waals surface area contributed by atoms with Gasteiger partial charge < -0.3 is 0 Å². The number of H-pyrrole nitrogens is 4. The Hall–Kier alpha value is -3.16. The normalized spacial score (nSPS) is 9.43. The number of aromatic amines is 4. The molecule has 0 aromatic carbocycles. The summed E-state index contributed by atoms with van der Waals surface area (Å²) in [6, 6.07) is 0. The molecular weight excluding hydrogens is 689 g/mol. The van der Waals surface area contributed by atoms with Crippen molar-refractivity contribution >= 4 is 0 Å². The fraction of sp³-hybridized carbons (Fsp3) is 0.750. The minimum atomic E-state index is 0. The molecule has 0 aliphatic rings. The van der Waals surface area contributed by atoms with E-state index in [1.54, 1.807) is 0 Å². The highest BCUT2D eigenvalue weighted by Crippen LogP contribution is 2.25. The van der Waals surface area contributed by atoms with Gasteiger partial charge in [0, 0.05) is 22.8 Å². The summed E-state index contributed by atoms with van der Waals surface area (Å²) in [6.45, 7) is 51.0. The number of hydrogen-bond donors (Lipinski definition) is 4. The molecule has 8 heteroatoms. The van der Waals surface area contributed by atoms with E-state index in [0.29, 0.717) is 47.3 Å². The van der Waals surface area contributed by atoms with Crippen molar-refractivity contribution in [1.82, 2.24) is 40.8 Å². The van der Waals surface area contributed by atoms with Crippen LogP contribution in [0.2, 0.25) is 0 Å². The Morgan fingerprint density at radius 2 is 0.393 bits per heavy atom. The third-order valence-electron chi connectivity index (χ3n) is 7.60. The Kier molecular flexibility index (Phi) is 52.3. The molecule has 0 amide bonds. The Morgan fingerprint density at radius 3 is 0.464 bits per heavy atom. The van der Waals surface area contributed by atoms with Crippen LogP contribution in [0.5, 0.6) is 0 Å². The second kappa shape index (κ2) is 41.5. The van der Waals surface area contributed by atoms with Gasteiger partial charge in [0.15, 0.2) is 0 Å². The standard InChI is InChI=1S/4C9H16N2.4C2H6.4CH4/c4*1-6(2)8-5-10-11-9(8)7(3)4;4*1-2;;;;/h4*5-7H,1-4H3,(H,10,11);4*1-2H3;4*1H4. The molecule has 0 saturated heterocycles. The molecule has 0 saturated carbocycles. The highest BCUT2D eigenvalue weighted by molar-refractivity contribution is 5.24. The minimum Gasteiger partial charge on any atom is -0.282 e. The lowest BCUT2D eigenvalue weighted by molar-refractivity contribution is 0.767. The summed E-state index contributed by atoms with van der Waals surface area (Å²) in [5, 5.41) is 28.3. The van der Waals surface area contributed by atoms with Gasteiger partial charge in [-0.25, -0.2) is 0 Å². The van der Waals surface area contributed by atoms with Gasteiger partial charge in [-0.3, -0.25) is 20.4 Å². The fourth-order valence-corrected chi connectivity index (χ4v) is 4.91. The summed E-state index contributed by atoms with van der Waals surface area (Å²) in [6.07, 6.45) is 7.72. The second-order valence-corrected chi connectivity index (χ2v) is 14.2. The summed E-state index contributed by atoms with van der Waals surface area (Å²) < 4.78 is 0. The van der Waals surface area contributed by atoms with Gasteiger partial charge in [0.2, 0.25) is 0 Å². The minimum absolute atomic E-state index is 0. The number of rotatable bonds is 8. The monoisotopic (exact) mass is 793 g/mol. The van der Waals surface area contributed by atoms with Crippen LogP contribution in [0.3, 0.4) is 0 Å². The number of nitrogens with one attached hydrogen (secondary N) is 4. The molecule has 336 valence electrons. The smallest absolute Gasteiger partial charge is 0.0524 e.